The molecule has 3 N–H and O–H groups in total. The molecular formula is C21H31N3O3S. The van der Waals surface area contributed by atoms with Crippen molar-refractivity contribution in [1.82, 2.24) is 9.88 Å². The van der Waals surface area contributed by atoms with Gasteiger partial charge in [0.2, 0.25) is 5.91 Å². The van der Waals surface area contributed by atoms with E-state index in [1.165, 1.54) is 0 Å². The number of aromatic nitrogens is 1. The molecule has 28 heavy (non-hydrogen) atoms. The summed E-state index contributed by atoms with van der Waals surface area (Å²) in [6, 6.07) is 0. The lowest BCUT2D eigenvalue weighted by Gasteiger charge is -2.58. The number of terminal acetylenes is 1. The van der Waals surface area contributed by atoms with Gasteiger partial charge >= 0.3 is 0 Å². The number of nitrogens with one attached hydrogen (secondary N) is 1. The third-order valence-corrected chi connectivity index (χ3v) is 8.35. The van der Waals surface area contributed by atoms with Crippen LogP contribution in [0.1, 0.15) is 49.6 Å². The van der Waals surface area contributed by atoms with Crippen LogP contribution in [0.2, 0.25) is 0 Å². The van der Waals surface area contributed by atoms with E-state index in [4.69, 9.17) is 11.4 Å². The Labute approximate surface area is 171 Å². The topological polar surface area (TPSA) is 85.7 Å². The second-order valence-electron chi connectivity index (χ2n) is 8.77. The first-order valence-corrected chi connectivity index (χ1v) is 10.7. The molecule has 2 aliphatic rings. The maximum Gasteiger partial charge on any atom is 0.223 e. The molecule has 1 amide bonds. The third kappa shape index (κ3) is 3.22. The van der Waals surface area contributed by atoms with Crippen molar-refractivity contribution in [1.29, 1.82) is 0 Å². The number of nitrogens with zero attached hydrogens (tertiary/aromatic N) is 2. The van der Waals surface area contributed by atoms with Crippen LogP contribution < -0.4 is 5.32 Å². The first-order valence-electron chi connectivity index (χ1n) is 9.85. The van der Waals surface area contributed by atoms with Gasteiger partial charge in [0.05, 0.1) is 24.9 Å². The highest BCUT2D eigenvalue weighted by Crippen LogP contribution is 2.62. The quantitative estimate of drug-likeness (QED) is 0.653. The summed E-state index contributed by atoms with van der Waals surface area (Å²) in [5.74, 6) is 2.54. The predicted molar refractivity (Wildman–Crippen MR) is 111 cm³/mol. The van der Waals surface area contributed by atoms with Crippen molar-refractivity contribution in [3.63, 3.8) is 0 Å². The minimum Gasteiger partial charge on any atom is -0.396 e. The number of fused-ring (bicyclic) bond motifs is 2. The number of anilines is 1. The Balaban J connectivity index is 2.06. The Morgan fingerprint density at radius 3 is 2.82 bits per heavy atom. The molecule has 0 unspecified atom stereocenters. The van der Waals surface area contributed by atoms with E-state index < -0.39 is 11.5 Å². The summed E-state index contributed by atoms with van der Waals surface area (Å²) in [5, 5.41) is 24.9. The van der Waals surface area contributed by atoms with Crippen LogP contribution in [0.25, 0.3) is 0 Å². The van der Waals surface area contributed by atoms with Crippen molar-refractivity contribution >= 4 is 22.4 Å². The van der Waals surface area contributed by atoms with Crippen LogP contribution in [0.3, 0.4) is 0 Å². The summed E-state index contributed by atoms with van der Waals surface area (Å²) in [6.07, 6.45) is 7.36. The van der Waals surface area contributed by atoms with E-state index in [1.807, 2.05) is 14.0 Å². The average molecular weight is 406 g/mol. The number of thiazole rings is 1. The first-order chi connectivity index (χ1) is 13.2. The summed E-state index contributed by atoms with van der Waals surface area (Å²) in [4.78, 5) is 20.4. The van der Waals surface area contributed by atoms with Gasteiger partial charge in [0, 0.05) is 36.7 Å². The molecule has 1 aromatic rings. The van der Waals surface area contributed by atoms with E-state index in [0.29, 0.717) is 12.8 Å². The Morgan fingerprint density at radius 1 is 1.50 bits per heavy atom. The van der Waals surface area contributed by atoms with E-state index in [2.05, 4.69) is 18.2 Å². The number of aliphatic hydroxyl groups is 2. The maximum absolute atomic E-state index is 12.9. The van der Waals surface area contributed by atoms with Crippen molar-refractivity contribution in [3.05, 3.63) is 10.6 Å². The summed E-state index contributed by atoms with van der Waals surface area (Å²) < 4.78 is 0. The minimum absolute atomic E-state index is 0.00612. The summed E-state index contributed by atoms with van der Waals surface area (Å²) in [6.45, 7) is 4.40. The summed E-state index contributed by atoms with van der Waals surface area (Å²) >= 11 is 1.61. The fraction of sp³-hybridized carbons (Fsp3) is 0.714. The van der Waals surface area contributed by atoms with Gasteiger partial charge in [-0.25, -0.2) is 4.98 Å². The SMILES string of the molecule is C#CCN(C)C(=O)C[C@@H]1c2nc(NC)sc2C[C@@H]2[C@](C)(CO)[C@H](O)CC[C@]21C. The molecule has 7 heteroatoms. The molecule has 1 heterocycles. The van der Waals surface area contributed by atoms with Crippen molar-refractivity contribution in [2.45, 2.75) is 51.6 Å². The Hall–Kier alpha value is -1.62. The molecule has 1 fully saturated rings. The molecule has 0 aliphatic heterocycles. The number of carbonyl (C=O) groups is 1. The van der Waals surface area contributed by atoms with Gasteiger partial charge in [-0.1, -0.05) is 19.8 Å². The molecule has 0 radical (unpaired) electrons. The average Bonchev–Trinajstić information content (AvgIpc) is 3.09. The van der Waals surface area contributed by atoms with Crippen LogP contribution in [0, 0.1) is 29.1 Å². The molecule has 6 nitrogen and oxygen atoms in total. The van der Waals surface area contributed by atoms with Gasteiger partial charge in [0.15, 0.2) is 5.13 Å². The van der Waals surface area contributed by atoms with Crippen molar-refractivity contribution in [2.75, 3.05) is 32.6 Å². The second-order valence-corrected chi connectivity index (χ2v) is 9.85. The second kappa shape index (κ2) is 7.66. The van der Waals surface area contributed by atoms with E-state index in [9.17, 15) is 15.0 Å². The molecular weight excluding hydrogens is 374 g/mol. The molecule has 3 rings (SSSR count). The van der Waals surface area contributed by atoms with Crippen LogP contribution in [0.4, 0.5) is 5.13 Å². The number of aliphatic hydroxyl groups excluding tert-OH is 2. The molecule has 0 spiro atoms. The van der Waals surface area contributed by atoms with Crippen LogP contribution in [0.5, 0.6) is 0 Å². The van der Waals surface area contributed by atoms with Crippen LogP contribution >= 0.6 is 11.3 Å². The smallest absolute Gasteiger partial charge is 0.223 e. The highest BCUT2D eigenvalue weighted by molar-refractivity contribution is 7.15. The highest BCUT2D eigenvalue weighted by Gasteiger charge is 2.59. The van der Waals surface area contributed by atoms with Gasteiger partial charge in [-0.15, -0.1) is 17.8 Å². The van der Waals surface area contributed by atoms with E-state index in [-0.39, 0.29) is 36.3 Å². The Morgan fingerprint density at radius 2 is 2.21 bits per heavy atom. The van der Waals surface area contributed by atoms with Crippen molar-refractivity contribution < 1.29 is 15.0 Å². The first kappa shape index (κ1) is 21.1. The fourth-order valence-electron chi connectivity index (χ4n) is 5.31. The van der Waals surface area contributed by atoms with Gasteiger partial charge in [0.1, 0.15) is 0 Å². The largest absolute Gasteiger partial charge is 0.396 e. The van der Waals surface area contributed by atoms with Crippen molar-refractivity contribution in [3.8, 4) is 12.3 Å². The van der Waals surface area contributed by atoms with Crippen molar-refractivity contribution in [2.24, 2.45) is 16.7 Å². The Kier molecular flexibility index (Phi) is 5.77. The molecule has 0 aromatic carbocycles. The molecule has 0 saturated heterocycles. The third-order valence-electron chi connectivity index (χ3n) is 7.24. The molecule has 5 atom stereocenters. The maximum atomic E-state index is 12.9. The zero-order chi connectivity index (χ0) is 20.7. The number of hydrogen-bond donors (Lipinski definition) is 3. The van der Waals surface area contributed by atoms with Gasteiger partial charge in [0.25, 0.3) is 0 Å². The predicted octanol–water partition coefficient (Wildman–Crippen LogP) is 2.08. The lowest BCUT2D eigenvalue weighted by Crippen LogP contribution is -2.57. The number of hydrogen-bond acceptors (Lipinski definition) is 6. The van der Waals surface area contributed by atoms with E-state index >= 15 is 0 Å². The zero-order valence-electron chi connectivity index (χ0n) is 17.2. The number of carbonyl (C=O) groups excluding carboxylic acids is 1. The molecule has 1 aromatic heterocycles. The fourth-order valence-corrected chi connectivity index (χ4v) is 6.33. The zero-order valence-corrected chi connectivity index (χ0v) is 18.0. The van der Waals surface area contributed by atoms with E-state index in [1.54, 1.807) is 23.3 Å². The number of amides is 1. The lowest BCUT2D eigenvalue weighted by atomic mass is 9.47. The van der Waals surface area contributed by atoms with Crippen LogP contribution in [0.15, 0.2) is 0 Å². The standard InChI is InChI=1S/C21H31N3O3S/c1-6-9-24(5)17(27)10-13-18-14(28-19(22-4)23-18)11-15-20(13,2)8-7-16(26)21(15,3)12-25/h1,13,15-16,25-26H,7-12H2,2-5H3,(H,22,23)/t13-,15+,16-,20+,21+/m1/s1. The molecule has 154 valence electrons. The molecule has 2 aliphatic carbocycles. The number of rotatable bonds is 5. The molecule has 1 saturated carbocycles. The van der Waals surface area contributed by atoms with Gasteiger partial charge < -0.3 is 20.4 Å². The van der Waals surface area contributed by atoms with E-state index in [0.717, 1.165) is 28.5 Å². The normalized spacial score (nSPS) is 34.1. The minimum atomic E-state index is -0.597. The van der Waals surface area contributed by atoms with Crippen LogP contribution in [-0.2, 0) is 11.2 Å². The van der Waals surface area contributed by atoms with Gasteiger partial charge in [-0.2, -0.15) is 0 Å². The van der Waals surface area contributed by atoms with Gasteiger partial charge in [-0.05, 0) is 30.6 Å². The summed E-state index contributed by atoms with van der Waals surface area (Å²) in [5.41, 5.74) is 0.169. The van der Waals surface area contributed by atoms with Gasteiger partial charge in [-0.3, -0.25) is 4.79 Å². The molecule has 0 bridgehead atoms. The van der Waals surface area contributed by atoms with Crippen LogP contribution in [-0.4, -0.2) is 59.4 Å². The summed E-state index contributed by atoms with van der Waals surface area (Å²) in [7, 11) is 3.58. The Bertz CT molecular complexity index is 788. The monoisotopic (exact) mass is 405 g/mol. The lowest BCUT2D eigenvalue weighted by molar-refractivity contribution is -0.146. The highest BCUT2D eigenvalue weighted by atomic mass is 32.1.